The molecule has 19 heavy (non-hydrogen) atoms. The zero-order valence-electron chi connectivity index (χ0n) is 11.3. The summed E-state index contributed by atoms with van der Waals surface area (Å²) in [5.41, 5.74) is 6.16. The molecule has 0 unspecified atom stereocenters. The van der Waals surface area contributed by atoms with Gasteiger partial charge in [-0.25, -0.2) is 9.78 Å². The number of carbonyl (C=O) groups excluding carboxylic acids is 2. The Bertz CT molecular complexity index is 474. The molecule has 7 nitrogen and oxygen atoms in total. The van der Waals surface area contributed by atoms with Crippen molar-refractivity contribution in [3.8, 4) is 0 Å². The van der Waals surface area contributed by atoms with Crippen LogP contribution in [0.15, 0.2) is 12.3 Å². The first-order valence-electron chi connectivity index (χ1n) is 5.82. The van der Waals surface area contributed by atoms with Crippen LogP contribution < -0.4 is 11.1 Å². The molecule has 0 aromatic carbocycles. The average molecular weight is 266 g/mol. The number of carbonyl (C=O) groups is 2. The molecule has 0 aliphatic heterocycles. The third kappa shape index (κ3) is 4.13. The summed E-state index contributed by atoms with van der Waals surface area (Å²) < 4.78 is 4.91. The molecule has 1 aromatic rings. The van der Waals surface area contributed by atoms with Gasteiger partial charge in [0.25, 0.3) is 0 Å². The fourth-order valence-electron chi connectivity index (χ4n) is 1.30. The molecule has 1 amide bonds. The van der Waals surface area contributed by atoms with Crippen LogP contribution in [0.1, 0.15) is 17.3 Å². The Morgan fingerprint density at radius 2 is 2.16 bits per heavy atom. The smallest absolute Gasteiger partial charge is 0.341 e. The fourth-order valence-corrected chi connectivity index (χ4v) is 1.30. The molecule has 0 saturated heterocycles. The molecule has 104 valence electrons. The topological polar surface area (TPSA) is 97.5 Å². The number of hydrogen-bond acceptors (Lipinski definition) is 6. The molecule has 3 N–H and O–H groups in total. The summed E-state index contributed by atoms with van der Waals surface area (Å²) in [6.07, 6.45) is 1.41. The molecule has 1 heterocycles. The highest BCUT2D eigenvalue weighted by Crippen LogP contribution is 2.16. The van der Waals surface area contributed by atoms with Gasteiger partial charge in [-0.2, -0.15) is 0 Å². The number of nitrogens with one attached hydrogen (secondary N) is 1. The standard InChI is InChI=1S/C12H18N4O3/c1-4-19-12(18)9-5-8(13)6-14-11(9)15-7-10(17)16(2)3/h5-6H,4,7,13H2,1-3H3,(H,14,15). The quantitative estimate of drug-likeness (QED) is 0.746. The van der Waals surface area contributed by atoms with Crippen molar-refractivity contribution in [2.24, 2.45) is 0 Å². The van der Waals surface area contributed by atoms with E-state index < -0.39 is 5.97 Å². The lowest BCUT2D eigenvalue weighted by molar-refractivity contribution is -0.126. The molecule has 0 radical (unpaired) electrons. The van der Waals surface area contributed by atoms with Crippen LogP contribution in [0.5, 0.6) is 0 Å². The molecule has 0 aliphatic carbocycles. The summed E-state index contributed by atoms with van der Waals surface area (Å²) in [5, 5.41) is 2.80. The average Bonchev–Trinajstić information content (AvgIpc) is 2.36. The predicted molar refractivity (Wildman–Crippen MR) is 71.8 cm³/mol. The minimum Gasteiger partial charge on any atom is -0.462 e. The van der Waals surface area contributed by atoms with E-state index in [0.29, 0.717) is 5.69 Å². The number of aromatic nitrogens is 1. The molecule has 0 atom stereocenters. The van der Waals surface area contributed by atoms with Gasteiger partial charge in [0.15, 0.2) is 0 Å². The Labute approximate surface area is 111 Å². The number of likely N-dealkylation sites (N-methyl/N-ethyl adjacent to an activating group) is 1. The highest BCUT2D eigenvalue weighted by molar-refractivity contribution is 5.96. The Morgan fingerprint density at radius 1 is 1.47 bits per heavy atom. The van der Waals surface area contributed by atoms with Crippen LogP contribution >= 0.6 is 0 Å². The van der Waals surface area contributed by atoms with Crippen LogP contribution in [-0.2, 0) is 9.53 Å². The lowest BCUT2D eigenvalue weighted by Gasteiger charge is -2.13. The minimum atomic E-state index is -0.526. The first-order chi connectivity index (χ1) is 8.95. The summed E-state index contributed by atoms with van der Waals surface area (Å²) in [6, 6.07) is 1.47. The van der Waals surface area contributed by atoms with Crippen molar-refractivity contribution in [2.75, 3.05) is 38.3 Å². The van der Waals surface area contributed by atoms with E-state index in [1.807, 2.05) is 0 Å². The van der Waals surface area contributed by atoms with Crippen LogP contribution in [0, 0.1) is 0 Å². The molecule has 7 heteroatoms. The number of hydrogen-bond donors (Lipinski definition) is 2. The highest BCUT2D eigenvalue weighted by Gasteiger charge is 2.15. The van der Waals surface area contributed by atoms with Crippen LogP contribution in [0.25, 0.3) is 0 Å². The maximum Gasteiger partial charge on any atom is 0.341 e. The van der Waals surface area contributed by atoms with Crippen LogP contribution in [-0.4, -0.2) is 49.0 Å². The molecule has 0 bridgehead atoms. The number of pyridine rings is 1. The van der Waals surface area contributed by atoms with Gasteiger partial charge >= 0.3 is 5.97 Å². The molecular weight excluding hydrogens is 248 g/mol. The van der Waals surface area contributed by atoms with Gasteiger partial charge in [-0.15, -0.1) is 0 Å². The number of ether oxygens (including phenoxy) is 1. The Morgan fingerprint density at radius 3 is 2.74 bits per heavy atom. The Balaban J connectivity index is 2.88. The molecule has 0 spiro atoms. The SMILES string of the molecule is CCOC(=O)c1cc(N)cnc1NCC(=O)N(C)C. The second kappa shape index (κ2) is 6.58. The zero-order valence-corrected chi connectivity index (χ0v) is 11.3. The lowest BCUT2D eigenvalue weighted by Crippen LogP contribution is -2.29. The number of amides is 1. The van der Waals surface area contributed by atoms with Crippen molar-refractivity contribution in [3.63, 3.8) is 0 Å². The monoisotopic (exact) mass is 266 g/mol. The highest BCUT2D eigenvalue weighted by atomic mass is 16.5. The fraction of sp³-hybridized carbons (Fsp3) is 0.417. The third-order valence-electron chi connectivity index (χ3n) is 2.31. The maximum atomic E-state index is 11.7. The van der Waals surface area contributed by atoms with E-state index in [4.69, 9.17) is 10.5 Å². The van der Waals surface area contributed by atoms with E-state index in [1.165, 1.54) is 17.2 Å². The summed E-state index contributed by atoms with van der Waals surface area (Å²) in [4.78, 5) is 28.7. The summed E-state index contributed by atoms with van der Waals surface area (Å²) >= 11 is 0. The molecule has 0 fully saturated rings. The van der Waals surface area contributed by atoms with Crippen molar-refractivity contribution in [1.29, 1.82) is 0 Å². The van der Waals surface area contributed by atoms with Gasteiger partial charge < -0.3 is 20.7 Å². The number of nitrogen functional groups attached to an aromatic ring is 1. The van der Waals surface area contributed by atoms with Crippen molar-refractivity contribution >= 4 is 23.4 Å². The number of anilines is 2. The maximum absolute atomic E-state index is 11.7. The zero-order chi connectivity index (χ0) is 14.4. The van der Waals surface area contributed by atoms with Gasteiger partial charge in [-0.3, -0.25) is 4.79 Å². The third-order valence-corrected chi connectivity index (χ3v) is 2.31. The van der Waals surface area contributed by atoms with E-state index in [-0.39, 0.29) is 30.4 Å². The number of nitrogens with zero attached hydrogens (tertiary/aromatic N) is 2. The van der Waals surface area contributed by atoms with Gasteiger partial charge in [0.2, 0.25) is 5.91 Å². The van der Waals surface area contributed by atoms with E-state index in [1.54, 1.807) is 21.0 Å². The summed E-state index contributed by atoms with van der Waals surface area (Å²) in [7, 11) is 3.29. The first-order valence-corrected chi connectivity index (χ1v) is 5.82. The summed E-state index contributed by atoms with van der Waals surface area (Å²) in [5.74, 6) is -0.376. The molecular formula is C12H18N4O3. The van der Waals surface area contributed by atoms with Crippen molar-refractivity contribution < 1.29 is 14.3 Å². The normalized spacial score (nSPS) is 9.84. The minimum absolute atomic E-state index is 0.0380. The second-order valence-corrected chi connectivity index (χ2v) is 4.03. The van der Waals surface area contributed by atoms with Crippen molar-refractivity contribution in [1.82, 2.24) is 9.88 Å². The van der Waals surface area contributed by atoms with Gasteiger partial charge in [0, 0.05) is 14.1 Å². The van der Waals surface area contributed by atoms with E-state index >= 15 is 0 Å². The van der Waals surface area contributed by atoms with Crippen LogP contribution in [0.4, 0.5) is 11.5 Å². The molecule has 0 aliphatic rings. The molecule has 1 aromatic heterocycles. The van der Waals surface area contributed by atoms with Crippen molar-refractivity contribution in [2.45, 2.75) is 6.92 Å². The van der Waals surface area contributed by atoms with Crippen molar-refractivity contribution in [3.05, 3.63) is 17.8 Å². The van der Waals surface area contributed by atoms with Gasteiger partial charge in [0.1, 0.15) is 11.4 Å². The first kappa shape index (κ1) is 14.7. The summed E-state index contributed by atoms with van der Waals surface area (Å²) in [6.45, 7) is 2.00. The van der Waals surface area contributed by atoms with E-state index in [2.05, 4.69) is 10.3 Å². The van der Waals surface area contributed by atoms with Gasteiger partial charge in [0.05, 0.1) is 25.0 Å². The predicted octanol–water partition coefficient (Wildman–Crippen LogP) is 0.341. The van der Waals surface area contributed by atoms with E-state index in [0.717, 1.165) is 0 Å². The number of rotatable bonds is 5. The van der Waals surface area contributed by atoms with Gasteiger partial charge in [-0.05, 0) is 13.0 Å². The van der Waals surface area contributed by atoms with E-state index in [9.17, 15) is 9.59 Å². The largest absolute Gasteiger partial charge is 0.462 e. The second-order valence-electron chi connectivity index (χ2n) is 4.03. The lowest BCUT2D eigenvalue weighted by atomic mass is 10.2. The number of nitrogens with two attached hydrogens (primary N) is 1. The number of esters is 1. The molecule has 1 rings (SSSR count). The molecule has 0 saturated carbocycles. The van der Waals surface area contributed by atoms with Gasteiger partial charge in [-0.1, -0.05) is 0 Å². The van der Waals surface area contributed by atoms with Crippen LogP contribution in [0.3, 0.4) is 0 Å². The Hall–Kier alpha value is -2.31. The Kier molecular flexibility index (Phi) is 5.11. The van der Waals surface area contributed by atoms with Crippen LogP contribution in [0.2, 0.25) is 0 Å².